The van der Waals surface area contributed by atoms with Crippen molar-refractivity contribution in [3.63, 3.8) is 0 Å². The zero-order valence-electron chi connectivity index (χ0n) is 9.27. The van der Waals surface area contributed by atoms with Crippen molar-refractivity contribution in [1.29, 1.82) is 10.5 Å². The van der Waals surface area contributed by atoms with E-state index in [-0.39, 0.29) is 5.76 Å². The third kappa shape index (κ3) is 2.63. The lowest BCUT2D eigenvalue weighted by molar-refractivity contribution is 0.506. The second-order valence-electron chi connectivity index (χ2n) is 3.54. The lowest BCUT2D eigenvalue weighted by Gasteiger charge is -2.06. The van der Waals surface area contributed by atoms with Crippen molar-refractivity contribution < 1.29 is 4.42 Å². The summed E-state index contributed by atoms with van der Waals surface area (Å²) < 4.78 is 5.22. The normalized spacial score (nSPS) is 9.50. The predicted molar refractivity (Wildman–Crippen MR) is 66.9 cm³/mol. The number of anilines is 1. The van der Waals surface area contributed by atoms with Crippen molar-refractivity contribution in [2.45, 2.75) is 6.54 Å². The van der Waals surface area contributed by atoms with Gasteiger partial charge in [0.15, 0.2) is 0 Å². The molecule has 0 unspecified atom stereocenters. The van der Waals surface area contributed by atoms with Crippen LogP contribution in [0.25, 0.3) is 0 Å². The Bertz CT molecular complexity index is 649. The third-order valence-electron chi connectivity index (χ3n) is 2.32. The number of halogens is 1. The Kier molecular flexibility index (Phi) is 3.52. The Morgan fingerprint density at radius 1 is 1.17 bits per heavy atom. The van der Waals surface area contributed by atoms with Crippen LogP contribution in [-0.4, -0.2) is 0 Å². The molecule has 0 bridgehead atoms. The molecule has 0 amide bonds. The van der Waals surface area contributed by atoms with E-state index in [4.69, 9.17) is 26.5 Å². The molecule has 2 aromatic rings. The molecule has 1 aromatic carbocycles. The van der Waals surface area contributed by atoms with Crippen LogP contribution in [0.4, 0.5) is 5.69 Å². The molecule has 1 aromatic heterocycles. The standard InChI is InChI=1S/C13H8ClN3O/c14-12-5-9(6-15)1-4-13(12)17-8-11-3-2-10(7-16)18-11/h1-5,17H,8H2. The number of furan rings is 1. The Labute approximate surface area is 109 Å². The number of hydrogen-bond acceptors (Lipinski definition) is 4. The Morgan fingerprint density at radius 2 is 2.00 bits per heavy atom. The molecule has 18 heavy (non-hydrogen) atoms. The minimum Gasteiger partial charge on any atom is -0.449 e. The number of nitrogens with one attached hydrogen (secondary N) is 1. The molecule has 0 spiro atoms. The van der Waals surface area contributed by atoms with Crippen LogP contribution in [-0.2, 0) is 6.54 Å². The molecule has 4 nitrogen and oxygen atoms in total. The van der Waals surface area contributed by atoms with E-state index in [1.807, 2.05) is 12.1 Å². The van der Waals surface area contributed by atoms with Gasteiger partial charge in [-0.05, 0) is 30.3 Å². The highest BCUT2D eigenvalue weighted by atomic mass is 35.5. The van der Waals surface area contributed by atoms with Gasteiger partial charge < -0.3 is 9.73 Å². The summed E-state index contributed by atoms with van der Waals surface area (Å²) in [7, 11) is 0. The summed E-state index contributed by atoms with van der Waals surface area (Å²) in [5.41, 5.74) is 1.22. The maximum atomic E-state index is 8.72. The summed E-state index contributed by atoms with van der Waals surface area (Å²) in [6.45, 7) is 0.424. The summed E-state index contributed by atoms with van der Waals surface area (Å²) in [6.07, 6.45) is 0. The van der Waals surface area contributed by atoms with Crippen LogP contribution >= 0.6 is 11.6 Å². The summed E-state index contributed by atoms with van der Waals surface area (Å²) in [4.78, 5) is 0. The van der Waals surface area contributed by atoms with Crippen molar-refractivity contribution in [3.8, 4) is 12.1 Å². The molecule has 0 aliphatic rings. The van der Waals surface area contributed by atoms with Crippen LogP contribution in [0, 0.1) is 22.7 Å². The Balaban J connectivity index is 2.07. The van der Waals surface area contributed by atoms with E-state index in [0.717, 1.165) is 0 Å². The second kappa shape index (κ2) is 5.27. The van der Waals surface area contributed by atoms with E-state index in [1.165, 1.54) is 0 Å². The molecule has 0 fully saturated rings. The second-order valence-corrected chi connectivity index (χ2v) is 3.94. The summed E-state index contributed by atoms with van der Waals surface area (Å²) >= 11 is 6.01. The van der Waals surface area contributed by atoms with Crippen LogP contribution < -0.4 is 5.32 Å². The lowest BCUT2D eigenvalue weighted by Crippen LogP contribution is -1.98. The van der Waals surface area contributed by atoms with Crippen molar-refractivity contribution >= 4 is 17.3 Å². The molecule has 1 N–H and O–H groups in total. The highest BCUT2D eigenvalue weighted by molar-refractivity contribution is 6.33. The van der Waals surface area contributed by atoms with Gasteiger partial charge in [-0.1, -0.05) is 11.6 Å². The van der Waals surface area contributed by atoms with E-state index in [2.05, 4.69) is 5.32 Å². The fourth-order valence-corrected chi connectivity index (χ4v) is 1.69. The summed E-state index contributed by atoms with van der Waals surface area (Å²) in [5.74, 6) is 0.921. The fourth-order valence-electron chi connectivity index (χ4n) is 1.44. The monoisotopic (exact) mass is 257 g/mol. The topological polar surface area (TPSA) is 72.8 Å². The van der Waals surface area contributed by atoms with E-state index in [0.29, 0.717) is 28.6 Å². The highest BCUT2D eigenvalue weighted by Crippen LogP contribution is 2.23. The molecule has 0 saturated carbocycles. The quantitative estimate of drug-likeness (QED) is 0.916. The first kappa shape index (κ1) is 12.0. The SMILES string of the molecule is N#Cc1ccc(NCc2ccc(C#N)o2)c(Cl)c1. The maximum Gasteiger partial charge on any atom is 0.203 e. The number of rotatable bonds is 3. The van der Waals surface area contributed by atoms with Gasteiger partial charge in [-0.2, -0.15) is 10.5 Å². The van der Waals surface area contributed by atoms with Gasteiger partial charge in [-0.15, -0.1) is 0 Å². The van der Waals surface area contributed by atoms with Gasteiger partial charge in [0.1, 0.15) is 11.8 Å². The highest BCUT2D eigenvalue weighted by Gasteiger charge is 2.04. The summed E-state index contributed by atoms with van der Waals surface area (Å²) in [6, 6.07) is 12.3. The summed E-state index contributed by atoms with van der Waals surface area (Å²) in [5, 5.41) is 20.9. The minimum atomic E-state index is 0.276. The van der Waals surface area contributed by atoms with E-state index in [9.17, 15) is 0 Å². The van der Waals surface area contributed by atoms with E-state index in [1.54, 1.807) is 30.3 Å². The number of nitriles is 2. The van der Waals surface area contributed by atoms with Crippen molar-refractivity contribution in [2.75, 3.05) is 5.32 Å². The number of nitrogens with zero attached hydrogens (tertiary/aromatic N) is 2. The van der Waals surface area contributed by atoms with Crippen molar-refractivity contribution in [3.05, 3.63) is 52.4 Å². The zero-order valence-corrected chi connectivity index (χ0v) is 10.0. The molecule has 0 aliphatic heterocycles. The van der Waals surface area contributed by atoms with Crippen LogP contribution in [0.3, 0.4) is 0 Å². The molecular formula is C13H8ClN3O. The van der Waals surface area contributed by atoms with Crippen molar-refractivity contribution in [2.24, 2.45) is 0 Å². The van der Waals surface area contributed by atoms with Gasteiger partial charge >= 0.3 is 0 Å². The van der Waals surface area contributed by atoms with E-state index < -0.39 is 0 Å². The third-order valence-corrected chi connectivity index (χ3v) is 2.64. The van der Waals surface area contributed by atoms with Gasteiger partial charge in [0.25, 0.3) is 0 Å². The Hall–Kier alpha value is -2.43. The molecule has 0 saturated heterocycles. The molecule has 1 heterocycles. The first-order chi connectivity index (χ1) is 8.72. The number of hydrogen-bond donors (Lipinski definition) is 1. The molecule has 5 heteroatoms. The average molecular weight is 258 g/mol. The largest absolute Gasteiger partial charge is 0.449 e. The smallest absolute Gasteiger partial charge is 0.203 e. The zero-order chi connectivity index (χ0) is 13.0. The van der Waals surface area contributed by atoms with Gasteiger partial charge in [-0.25, -0.2) is 0 Å². The lowest BCUT2D eigenvalue weighted by atomic mass is 10.2. The Morgan fingerprint density at radius 3 is 2.61 bits per heavy atom. The minimum absolute atomic E-state index is 0.276. The molecule has 0 radical (unpaired) electrons. The molecule has 0 aliphatic carbocycles. The molecular weight excluding hydrogens is 250 g/mol. The van der Waals surface area contributed by atoms with Crippen molar-refractivity contribution in [1.82, 2.24) is 0 Å². The van der Waals surface area contributed by atoms with Gasteiger partial charge in [-0.3, -0.25) is 0 Å². The van der Waals surface area contributed by atoms with Gasteiger partial charge in [0, 0.05) is 0 Å². The van der Waals surface area contributed by atoms with Crippen LogP contribution in [0.1, 0.15) is 17.1 Å². The molecule has 2 rings (SSSR count). The first-order valence-electron chi connectivity index (χ1n) is 5.15. The molecule has 0 atom stereocenters. The first-order valence-corrected chi connectivity index (χ1v) is 5.53. The average Bonchev–Trinajstić information content (AvgIpc) is 2.85. The van der Waals surface area contributed by atoms with Gasteiger partial charge in [0.05, 0.1) is 28.9 Å². The maximum absolute atomic E-state index is 8.72. The van der Waals surface area contributed by atoms with Crippen LogP contribution in [0.2, 0.25) is 5.02 Å². The van der Waals surface area contributed by atoms with E-state index >= 15 is 0 Å². The molecule has 88 valence electrons. The van der Waals surface area contributed by atoms with Crippen LogP contribution in [0.5, 0.6) is 0 Å². The van der Waals surface area contributed by atoms with Gasteiger partial charge in [0.2, 0.25) is 5.76 Å². The number of benzene rings is 1. The fraction of sp³-hybridized carbons (Fsp3) is 0.0769. The van der Waals surface area contributed by atoms with Crippen LogP contribution in [0.15, 0.2) is 34.7 Å². The predicted octanol–water partition coefficient (Wildman–Crippen LogP) is 3.29.